The monoisotopic (exact) mass is 282 g/mol. The molecular formula is C6H13Li3O11. The van der Waals surface area contributed by atoms with Gasteiger partial charge in [-0.3, -0.25) is 0 Å². The first-order valence-electron chi connectivity index (χ1n) is 3.11. The van der Waals surface area contributed by atoms with Crippen molar-refractivity contribution in [3.63, 3.8) is 0 Å². The van der Waals surface area contributed by atoms with Crippen molar-refractivity contribution in [1.82, 2.24) is 0 Å². The molecule has 14 heteroatoms. The molecule has 0 aromatic rings. The quantitative estimate of drug-likeness (QED) is 0.474. The molecule has 0 heterocycles. The van der Waals surface area contributed by atoms with Crippen LogP contribution in [-0.2, 0) is 14.4 Å². The summed E-state index contributed by atoms with van der Waals surface area (Å²) in [6.07, 6.45) is -2.72. The first-order valence-corrected chi connectivity index (χ1v) is 3.11. The molecule has 20 heavy (non-hydrogen) atoms. The van der Waals surface area contributed by atoms with Crippen molar-refractivity contribution in [2.45, 2.75) is 18.4 Å². The number of carbonyl (C=O) groups excluding carboxylic acids is 3. The molecular weight excluding hydrogens is 269 g/mol. The Morgan fingerprint density at radius 1 is 0.750 bits per heavy atom. The molecule has 0 aromatic carbocycles. The van der Waals surface area contributed by atoms with Gasteiger partial charge in [-0.15, -0.1) is 0 Å². The van der Waals surface area contributed by atoms with Crippen LogP contribution >= 0.6 is 0 Å². The molecule has 0 aliphatic carbocycles. The van der Waals surface area contributed by atoms with Gasteiger partial charge in [0.25, 0.3) is 0 Å². The molecule has 0 unspecified atom stereocenters. The van der Waals surface area contributed by atoms with E-state index in [1.807, 2.05) is 0 Å². The van der Waals surface area contributed by atoms with Crippen molar-refractivity contribution in [3.8, 4) is 0 Å². The molecule has 0 aliphatic rings. The fourth-order valence-electron chi connectivity index (χ4n) is 0.684. The van der Waals surface area contributed by atoms with Gasteiger partial charge < -0.3 is 56.7 Å². The van der Waals surface area contributed by atoms with Crippen LogP contribution in [0, 0.1) is 0 Å². The molecule has 0 spiro atoms. The maximum absolute atomic E-state index is 10.1. The summed E-state index contributed by atoms with van der Waals surface area (Å²) in [6.45, 7) is 0. The second kappa shape index (κ2) is 21.3. The summed E-state index contributed by atoms with van der Waals surface area (Å²) in [7, 11) is 0. The van der Waals surface area contributed by atoms with Crippen molar-refractivity contribution >= 4 is 17.9 Å². The third-order valence-electron chi connectivity index (χ3n) is 1.25. The summed E-state index contributed by atoms with van der Waals surface area (Å²) in [5.74, 6) is -5.98. The van der Waals surface area contributed by atoms with Crippen molar-refractivity contribution in [2.75, 3.05) is 0 Å². The molecule has 0 aromatic heterocycles. The fourth-order valence-corrected chi connectivity index (χ4v) is 0.684. The van der Waals surface area contributed by atoms with E-state index in [0.29, 0.717) is 0 Å². The molecule has 0 bridgehead atoms. The van der Waals surface area contributed by atoms with Crippen LogP contribution in [0.4, 0.5) is 0 Å². The van der Waals surface area contributed by atoms with E-state index in [4.69, 9.17) is 5.11 Å². The Morgan fingerprint density at radius 3 is 1.05 bits per heavy atom. The van der Waals surface area contributed by atoms with Crippen LogP contribution in [0.2, 0.25) is 0 Å². The zero-order valence-electron chi connectivity index (χ0n) is 11.3. The van der Waals surface area contributed by atoms with E-state index >= 15 is 0 Å². The van der Waals surface area contributed by atoms with Crippen LogP contribution in [0.5, 0.6) is 0 Å². The minimum absolute atomic E-state index is 0. The summed E-state index contributed by atoms with van der Waals surface area (Å²) in [5, 5.41) is 38.9. The normalized spacial score (nSPS) is 7.05. The first kappa shape index (κ1) is 50.1. The predicted molar refractivity (Wildman–Crippen MR) is 43.7 cm³/mol. The van der Waals surface area contributed by atoms with Gasteiger partial charge in [0.1, 0.15) is 5.60 Å². The van der Waals surface area contributed by atoms with E-state index in [2.05, 4.69) is 0 Å². The molecule has 0 radical (unpaired) electrons. The van der Waals surface area contributed by atoms with Crippen molar-refractivity contribution in [3.05, 3.63) is 0 Å². The number of rotatable bonds is 5. The summed E-state index contributed by atoms with van der Waals surface area (Å²) >= 11 is 0. The first-order chi connectivity index (χ1) is 5.78. The van der Waals surface area contributed by atoms with Crippen LogP contribution in [0.1, 0.15) is 12.8 Å². The molecule has 0 rings (SSSR count). The van der Waals surface area contributed by atoms with Crippen molar-refractivity contribution in [1.29, 1.82) is 0 Å². The SMILES string of the molecule is O.O.O.O.O=C([O-])CC(O)(CC(=O)[O-])C(=O)[O-].[Li+].[Li+].[Li+]. The van der Waals surface area contributed by atoms with Gasteiger partial charge in [-0.05, 0) is 0 Å². The maximum atomic E-state index is 10.1. The van der Waals surface area contributed by atoms with Crippen molar-refractivity contribution < 1.29 is 113 Å². The van der Waals surface area contributed by atoms with Crippen LogP contribution in [-0.4, -0.2) is 50.5 Å². The average Bonchev–Trinajstić information content (AvgIpc) is 1.82. The maximum Gasteiger partial charge on any atom is 1.00 e. The van der Waals surface area contributed by atoms with Gasteiger partial charge in [0.15, 0.2) is 0 Å². The van der Waals surface area contributed by atoms with Gasteiger partial charge in [-0.2, -0.15) is 0 Å². The summed E-state index contributed by atoms with van der Waals surface area (Å²) in [5.41, 5.74) is -2.97. The summed E-state index contributed by atoms with van der Waals surface area (Å²) < 4.78 is 0. The molecule has 0 aliphatic heterocycles. The van der Waals surface area contributed by atoms with Gasteiger partial charge in [0.05, 0.1) is 5.97 Å². The number of aliphatic hydroxyl groups is 1. The fraction of sp³-hybridized carbons (Fsp3) is 0.500. The van der Waals surface area contributed by atoms with E-state index in [0.717, 1.165) is 0 Å². The Bertz CT molecular complexity index is 243. The molecule has 0 saturated heterocycles. The second-order valence-corrected chi connectivity index (χ2v) is 2.42. The Hall–Kier alpha value is 0.00221. The van der Waals surface area contributed by atoms with Gasteiger partial charge >= 0.3 is 56.6 Å². The summed E-state index contributed by atoms with van der Waals surface area (Å²) in [6, 6.07) is 0. The smallest absolute Gasteiger partial charge is 0.550 e. The third-order valence-corrected chi connectivity index (χ3v) is 1.25. The number of hydrogen-bond acceptors (Lipinski definition) is 7. The zero-order chi connectivity index (χ0) is 10.6. The van der Waals surface area contributed by atoms with E-state index in [1.165, 1.54) is 0 Å². The van der Waals surface area contributed by atoms with E-state index < -0.39 is 36.4 Å². The number of hydrogen-bond donors (Lipinski definition) is 1. The minimum atomic E-state index is -2.97. The van der Waals surface area contributed by atoms with E-state index in [-0.39, 0.29) is 78.5 Å². The Labute approximate surface area is 149 Å². The number of aliphatic carboxylic acids is 3. The Kier molecular flexibility index (Phi) is 53.4. The second-order valence-electron chi connectivity index (χ2n) is 2.42. The largest absolute Gasteiger partial charge is 1.00 e. The molecule has 11 nitrogen and oxygen atoms in total. The Morgan fingerprint density at radius 2 is 0.950 bits per heavy atom. The van der Waals surface area contributed by atoms with E-state index in [1.54, 1.807) is 0 Å². The predicted octanol–water partition coefficient (Wildman–Crippen LogP) is -17.5. The zero-order valence-corrected chi connectivity index (χ0v) is 11.3. The van der Waals surface area contributed by atoms with Crippen molar-refractivity contribution in [2.24, 2.45) is 0 Å². The third kappa shape index (κ3) is 20.3. The molecule has 9 N–H and O–H groups in total. The van der Waals surface area contributed by atoms with Gasteiger partial charge in [0, 0.05) is 24.8 Å². The molecule has 0 saturated carbocycles. The van der Waals surface area contributed by atoms with E-state index in [9.17, 15) is 29.7 Å². The average molecular weight is 282 g/mol. The topological polar surface area (TPSA) is 267 Å². The molecule has 106 valence electrons. The van der Waals surface area contributed by atoms with Gasteiger partial charge in [-0.1, -0.05) is 0 Å². The summed E-state index contributed by atoms with van der Waals surface area (Å²) in [4.78, 5) is 30.0. The van der Waals surface area contributed by atoms with Crippen LogP contribution in [0.3, 0.4) is 0 Å². The minimum Gasteiger partial charge on any atom is -0.550 e. The number of carboxylic acid groups (broad SMARTS) is 3. The van der Waals surface area contributed by atoms with Crippen LogP contribution in [0.25, 0.3) is 0 Å². The number of carboxylic acids is 3. The number of carbonyl (C=O) groups is 3. The van der Waals surface area contributed by atoms with Gasteiger partial charge in [-0.25, -0.2) is 0 Å². The van der Waals surface area contributed by atoms with Gasteiger partial charge in [0.2, 0.25) is 0 Å². The van der Waals surface area contributed by atoms with Crippen LogP contribution < -0.4 is 71.9 Å². The molecule has 0 amide bonds. The molecule has 0 fully saturated rings. The standard InChI is InChI=1S/C6H8O7.3Li.4H2O/c7-3(8)1-6(13,5(11)12)2-4(9)10;;;;;;;/h13H,1-2H2,(H,7,8)(H,9,10)(H,11,12);;;;4*1H2/q;3*+1;;;;/p-3. The van der Waals surface area contributed by atoms with Crippen LogP contribution in [0.15, 0.2) is 0 Å². The molecule has 0 atom stereocenters. The Balaban J connectivity index is -0.0000000343.